The van der Waals surface area contributed by atoms with E-state index in [0.717, 1.165) is 17.3 Å². The molecule has 0 radical (unpaired) electrons. The van der Waals surface area contributed by atoms with Crippen LogP contribution in [0.5, 0.6) is 11.5 Å². The zero-order valence-corrected chi connectivity index (χ0v) is 19.6. The second-order valence-electron chi connectivity index (χ2n) is 7.13. The molecule has 9 heteroatoms. The SMILES string of the molecule is CCCCc1nc2ccc(Br)cc2c(=O)n1N=Cc1cccc(OC)c1O[C@H](C)C(=O)O. The number of nitrogens with zero attached hydrogens (tertiary/aromatic N) is 3. The standard InChI is InChI=1S/C23H24BrN3O5/c1-4-5-9-20-26-18-11-10-16(24)12-17(18)22(28)27(20)25-13-15-7-6-8-19(31-3)21(15)32-14(2)23(29)30/h6-8,10-14H,4-5,9H2,1-3H3,(H,29,30)/t14-/m1/s1. The Hall–Kier alpha value is -3.20. The summed E-state index contributed by atoms with van der Waals surface area (Å²) in [4.78, 5) is 29.1. The second-order valence-corrected chi connectivity index (χ2v) is 8.05. The van der Waals surface area contributed by atoms with Crippen molar-refractivity contribution < 1.29 is 19.4 Å². The van der Waals surface area contributed by atoms with Crippen molar-refractivity contribution in [3.05, 3.63) is 62.6 Å². The Balaban J connectivity index is 2.12. The molecule has 0 bridgehead atoms. The minimum absolute atomic E-state index is 0.230. The van der Waals surface area contributed by atoms with Crippen molar-refractivity contribution in [3.8, 4) is 11.5 Å². The minimum Gasteiger partial charge on any atom is -0.493 e. The van der Waals surface area contributed by atoms with Gasteiger partial charge in [0, 0.05) is 16.5 Å². The number of hydrogen-bond acceptors (Lipinski definition) is 6. The quantitative estimate of drug-likeness (QED) is 0.439. The maximum atomic E-state index is 13.2. The largest absolute Gasteiger partial charge is 0.493 e. The van der Waals surface area contributed by atoms with Gasteiger partial charge in [-0.05, 0) is 43.7 Å². The first-order valence-corrected chi connectivity index (χ1v) is 11.0. The molecule has 2 aromatic carbocycles. The van der Waals surface area contributed by atoms with E-state index >= 15 is 0 Å². The number of carboxylic acids is 1. The number of aliphatic carboxylic acids is 1. The summed E-state index contributed by atoms with van der Waals surface area (Å²) in [5.74, 6) is 0.0304. The Morgan fingerprint density at radius 2 is 2.12 bits per heavy atom. The Morgan fingerprint density at radius 1 is 1.34 bits per heavy atom. The molecule has 0 unspecified atom stereocenters. The number of rotatable bonds is 9. The van der Waals surface area contributed by atoms with Gasteiger partial charge in [0.1, 0.15) is 5.82 Å². The van der Waals surface area contributed by atoms with Crippen LogP contribution < -0.4 is 15.0 Å². The maximum Gasteiger partial charge on any atom is 0.344 e. The van der Waals surface area contributed by atoms with E-state index in [2.05, 4.69) is 32.9 Å². The van der Waals surface area contributed by atoms with E-state index in [1.807, 2.05) is 6.07 Å². The lowest BCUT2D eigenvalue weighted by Gasteiger charge is -2.16. The molecule has 0 amide bonds. The van der Waals surface area contributed by atoms with Gasteiger partial charge in [-0.25, -0.2) is 9.78 Å². The summed E-state index contributed by atoms with van der Waals surface area (Å²) in [5.41, 5.74) is 0.791. The lowest BCUT2D eigenvalue weighted by atomic mass is 10.2. The van der Waals surface area contributed by atoms with E-state index in [1.165, 1.54) is 24.9 Å². The third-order valence-corrected chi connectivity index (χ3v) is 5.31. The predicted molar refractivity (Wildman–Crippen MR) is 126 cm³/mol. The molecule has 0 aliphatic rings. The second kappa shape index (κ2) is 10.4. The van der Waals surface area contributed by atoms with Crippen LogP contribution in [0.15, 0.2) is 50.8 Å². The van der Waals surface area contributed by atoms with Crippen LogP contribution >= 0.6 is 15.9 Å². The van der Waals surface area contributed by atoms with Gasteiger partial charge in [-0.1, -0.05) is 35.3 Å². The van der Waals surface area contributed by atoms with Gasteiger partial charge in [-0.15, -0.1) is 0 Å². The number of aryl methyl sites for hydroxylation is 1. The number of fused-ring (bicyclic) bond motifs is 1. The fourth-order valence-corrected chi connectivity index (χ4v) is 3.44. The van der Waals surface area contributed by atoms with Gasteiger partial charge in [0.05, 0.1) is 24.2 Å². The monoisotopic (exact) mass is 501 g/mol. The van der Waals surface area contributed by atoms with Crippen molar-refractivity contribution in [1.82, 2.24) is 9.66 Å². The normalized spacial score (nSPS) is 12.2. The van der Waals surface area contributed by atoms with E-state index < -0.39 is 12.1 Å². The Morgan fingerprint density at radius 3 is 2.81 bits per heavy atom. The molecular weight excluding hydrogens is 478 g/mol. The maximum absolute atomic E-state index is 13.2. The van der Waals surface area contributed by atoms with Gasteiger partial charge in [-0.3, -0.25) is 4.79 Å². The molecule has 0 fully saturated rings. The molecule has 168 valence electrons. The van der Waals surface area contributed by atoms with Crippen LogP contribution in [0.3, 0.4) is 0 Å². The molecule has 1 N–H and O–H groups in total. The van der Waals surface area contributed by atoms with Crippen molar-refractivity contribution in [2.75, 3.05) is 7.11 Å². The van der Waals surface area contributed by atoms with Crippen LogP contribution in [0, 0.1) is 0 Å². The Kier molecular flexibility index (Phi) is 7.63. The minimum atomic E-state index is -1.11. The first-order chi connectivity index (χ1) is 15.3. The zero-order valence-electron chi connectivity index (χ0n) is 18.0. The summed E-state index contributed by atoms with van der Waals surface area (Å²) in [6.45, 7) is 3.49. The van der Waals surface area contributed by atoms with Crippen LogP contribution in [0.1, 0.15) is 38.1 Å². The topological polar surface area (TPSA) is 103 Å². The molecule has 8 nitrogen and oxygen atoms in total. The molecular formula is C23H24BrN3O5. The lowest BCUT2D eigenvalue weighted by Crippen LogP contribution is -2.24. The Bertz CT molecular complexity index is 1220. The van der Waals surface area contributed by atoms with Gasteiger partial charge in [0.15, 0.2) is 17.6 Å². The fourth-order valence-electron chi connectivity index (χ4n) is 3.08. The number of halogens is 1. The van der Waals surface area contributed by atoms with Crippen LogP contribution in [0.25, 0.3) is 10.9 Å². The van der Waals surface area contributed by atoms with E-state index in [4.69, 9.17) is 9.47 Å². The number of hydrogen-bond donors (Lipinski definition) is 1. The van der Waals surface area contributed by atoms with Crippen molar-refractivity contribution in [1.29, 1.82) is 0 Å². The highest BCUT2D eigenvalue weighted by molar-refractivity contribution is 9.10. The molecule has 1 heterocycles. The third-order valence-electron chi connectivity index (χ3n) is 4.81. The van der Waals surface area contributed by atoms with E-state index in [-0.39, 0.29) is 11.3 Å². The van der Waals surface area contributed by atoms with Gasteiger partial charge < -0.3 is 14.6 Å². The first-order valence-electron chi connectivity index (χ1n) is 10.2. The highest BCUT2D eigenvalue weighted by Crippen LogP contribution is 2.31. The van der Waals surface area contributed by atoms with Gasteiger partial charge in [0.25, 0.3) is 5.56 Å². The number of methoxy groups -OCH3 is 1. The molecule has 0 saturated heterocycles. The number of aromatic nitrogens is 2. The Labute approximate surface area is 193 Å². The summed E-state index contributed by atoms with van der Waals surface area (Å²) >= 11 is 3.39. The van der Waals surface area contributed by atoms with E-state index in [0.29, 0.717) is 34.5 Å². The van der Waals surface area contributed by atoms with Crippen LogP contribution in [0.2, 0.25) is 0 Å². The highest BCUT2D eigenvalue weighted by atomic mass is 79.9. The van der Waals surface area contributed by atoms with E-state index in [1.54, 1.807) is 30.3 Å². The van der Waals surface area contributed by atoms with Crippen molar-refractivity contribution in [2.24, 2.45) is 5.10 Å². The third kappa shape index (κ3) is 5.16. The number of carboxylic acid groups (broad SMARTS) is 1. The van der Waals surface area contributed by atoms with Gasteiger partial charge in [-0.2, -0.15) is 9.78 Å². The summed E-state index contributed by atoms with van der Waals surface area (Å²) < 4.78 is 13.0. The van der Waals surface area contributed by atoms with Crippen molar-refractivity contribution >= 4 is 39.0 Å². The van der Waals surface area contributed by atoms with Crippen molar-refractivity contribution in [3.63, 3.8) is 0 Å². The van der Waals surface area contributed by atoms with Gasteiger partial charge >= 0.3 is 5.97 Å². The molecule has 0 spiro atoms. The molecule has 1 atom stereocenters. The smallest absolute Gasteiger partial charge is 0.344 e. The average molecular weight is 502 g/mol. The molecule has 3 aromatic rings. The van der Waals surface area contributed by atoms with Crippen LogP contribution in [0.4, 0.5) is 0 Å². The number of carbonyl (C=O) groups is 1. The summed E-state index contributed by atoms with van der Waals surface area (Å²) in [6, 6.07) is 10.5. The van der Waals surface area contributed by atoms with Gasteiger partial charge in [0.2, 0.25) is 0 Å². The molecule has 1 aromatic heterocycles. The summed E-state index contributed by atoms with van der Waals surface area (Å²) in [5, 5.41) is 14.1. The number of unbranched alkanes of at least 4 members (excludes halogenated alkanes) is 1. The number of ether oxygens (including phenoxy) is 2. The molecule has 0 aliphatic carbocycles. The van der Waals surface area contributed by atoms with Crippen LogP contribution in [-0.4, -0.2) is 40.2 Å². The summed E-state index contributed by atoms with van der Waals surface area (Å²) in [7, 11) is 1.47. The fraction of sp³-hybridized carbons (Fsp3) is 0.304. The lowest BCUT2D eigenvalue weighted by molar-refractivity contribution is -0.144. The molecule has 0 saturated carbocycles. The number of para-hydroxylation sites is 1. The average Bonchev–Trinajstić information content (AvgIpc) is 2.78. The van der Waals surface area contributed by atoms with E-state index in [9.17, 15) is 14.7 Å². The first kappa shape index (κ1) is 23.5. The molecule has 0 aliphatic heterocycles. The highest BCUT2D eigenvalue weighted by Gasteiger charge is 2.18. The summed E-state index contributed by atoms with van der Waals surface area (Å²) in [6.07, 6.45) is 2.74. The predicted octanol–water partition coefficient (Wildman–Crippen LogP) is 4.24. The van der Waals surface area contributed by atoms with Crippen LogP contribution in [-0.2, 0) is 11.2 Å². The number of benzene rings is 2. The van der Waals surface area contributed by atoms with Crippen molar-refractivity contribution in [2.45, 2.75) is 39.2 Å². The zero-order chi connectivity index (χ0) is 23.3. The molecule has 32 heavy (non-hydrogen) atoms. The molecule has 3 rings (SSSR count).